The minimum Gasteiger partial charge on any atom is -0.377 e. The van der Waals surface area contributed by atoms with Crippen molar-refractivity contribution in [2.45, 2.75) is 44.4 Å². The predicted octanol–water partition coefficient (Wildman–Crippen LogP) is 7.76. The van der Waals surface area contributed by atoms with Crippen LogP contribution < -0.4 is 21.3 Å². The van der Waals surface area contributed by atoms with Crippen LogP contribution in [0.1, 0.15) is 51.6 Å². The molecule has 0 fully saturated rings. The largest absolute Gasteiger partial charge is 0.377 e. The minimum atomic E-state index is -0.308. The number of amides is 4. The number of ether oxygens (including phenoxy) is 6. The Kier molecular flexibility index (Phi) is 24.6. The fourth-order valence-corrected chi connectivity index (χ4v) is 10.8. The summed E-state index contributed by atoms with van der Waals surface area (Å²) in [5.74, 6) is 0.265. The summed E-state index contributed by atoms with van der Waals surface area (Å²) >= 11 is 26.0. The number of rotatable bonds is 32. The molecule has 0 saturated carbocycles. The molecular weight excluding hydrogens is 1120 g/mol. The van der Waals surface area contributed by atoms with Crippen molar-refractivity contribution in [3.05, 3.63) is 139 Å². The predicted molar refractivity (Wildman–Crippen MR) is 313 cm³/mol. The van der Waals surface area contributed by atoms with Crippen LogP contribution in [0.2, 0.25) is 20.1 Å². The van der Waals surface area contributed by atoms with Crippen LogP contribution in [0, 0.1) is 0 Å². The summed E-state index contributed by atoms with van der Waals surface area (Å²) in [4.78, 5) is 28.8. The van der Waals surface area contributed by atoms with Gasteiger partial charge in [0.2, 0.25) is 0 Å². The molecule has 0 unspecified atom stereocenters. The van der Waals surface area contributed by atoms with E-state index in [-0.39, 0.29) is 23.9 Å². The van der Waals surface area contributed by atoms with Crippen molar-refractivity contribution >= 4 is 58.5 Å². The maximum Gasteiger partial charge on any atom is 0.314 e. The van der Waals surface area contributed by atoms with Crippen molar-refractivity contribution in [1.82, 2.24) is 61.1 Å². The van der Waals surface area contributed by atoms with E-state index in [0.717, 1.165) is 70.9 Å². The fourth-order valence-electron chi connectivity index (χ4n) is 9.66. The first-order chi connectivity index (χ1) is 39.5. The lowest BCUT2D eigenvalue weighted by atomic mass is 9.84. The van der Waals surface area contributed by atoms with E-state index in [2.05, 4.69) is 90.1 Å². The lowest BCUT2D eigenvalue weighted by Gasteiger charge is -2.33. The summed E-state index contributed by atoms with van der Waals surface area (Å²) < 4.78 is 37.4. The van der Waals surface area contributed by atoms with Crippen molar-refractivity contribution in [3.63, 3.8) is 0 Å². The van der Waals surface area contributed by atoms with Gasteiger partial charge in [0, 0.05) is 95.4 Å². The third kappa shape index (κ3) is 19.3. The number of halogens is 4. The van der Waals surface area contributed by atoms with Crippen molar-refractivity contribution in [1.29, 1.82) is 0 Å². The van der Waals surface area contributed by atoms with Crippen molar-refractivity contribution in [3.8, 4) is 22.5 Å². The van der Waals surface area contributed by atoms with Crippen LogP contribution in [-0.4, -0.2) is 184 Å². The average molecular weight is 1200 g/mol. The van der Waals surface area contributed by atoms with Crippen LogP contribution in [-0.2, 0) is 54.6 Å². The second-order valence-electron chi connectivity index (χ2n) is 19.8. The molecule has 0 radical (unpaired) electrons. The van der Waals surface area contributed by atoms with Gasteiger partial charge in [-0.15, -0.1) is 10.2 Å². The van der Waals surface area contributed by atoms with Crippen LogP contribution in [0.4, 0.5) is 9.59 Å². The third-order valence-electron chi connectivity index (χ3n) is 13.6. The second-order valence-corrected chi connectivity index (χ2v) is 21.5. The van der Waals surface area contributed by atoms with E-state index in [1.165, 1.54) is 11.1 Å². The van der Waals surface area contributed by atoms with Gasteiger partial charge in [-0.1, -0.05) is 93.2 Å². The number of aromatic nitrogens is 6. The van der Waals surface area contributed by atoms with E-state index in [1.807, 2.05) is 60.9 Å². The number of benzene rings is 4. The molecule has 0 bridgehead atoms. The zero-order valence-corrected chi connectivity index (χ0v) is 48.9. The number of fused-ring (bicyclic) bond motifs is 2. The highest BCUT2D eigenvalue weighted by Gasteiger charge is 2.29. The van der Waals surface area contributed by atoms with E-state index < -0.39 is 0 Å². The molecule has 8 rings (SSSR count). The molecule has 436 valence electrons. The molecule has 81 heavy (non-hydrogen) atoms. The highest BCUT2D eigenvalue weighted by Crippen LogP contribution is 2.41. The number of carbonyl (C=O) groups excluding carboxylic acids is 2. The number of urea groups is 2. The van der Waals surface area contributed by atoms with Gasteiger partial charge in [0.05, 0.1) is 105 Å². The maximum atomic E-state index is 12.1. The maximum absolute atomic E-state index is 12.1. The molecule has 2 aromatic heterocycles. The van der Waals surface area contributed by atoms with Gasteiger partial charge in [-0.05, 0) is 90.3 Å². The molecule has 2 aliphatic rings. The summed E-state index contributed by atoms with van der Waals surface area (Å²) in [6.45, 7) is 10.8. The van der Waals surface area contributed by atoms with Crippen LogP contribution in [0.25, 0.3) is 22.5 Å². The number of hydrogen-bond donors (Lipinski definition) is 4. The van der Waals surface area contributed by atoms with Gasteiger partial charge in [-0.25, -0.2) is 19.0 Å². The molecule has 0 spiro atoms. The van der Waals surface area contributed by atoms with E-state index in [9.17, 15) is 9.59 Å². The standard InChI is InChI=1S/C57H72Cl4N12O8/c1-70-34-48(46-30-44(58)32-52(60)50(46)36-70)40-6-3-8-42(28-40)54-38-72(68-66-54)14-18-78-22-26-80-24-20-76-16-12-64-56(74)62-10-5-11-63-57(75)65-13-17-77-21-25-81-27-23-79-19-15-73-39-55(67-69-73)43-9-4-7-41(29-43)49-35-71(2)37-51-47(49)31-45(59)33-53(51)61/h3-4,6-9,28-33,38-39,48-49H,5,10-27,34-37H2,1-2H3,(H2,62,64,74)(H2,63,65,75)/t48-,49-/m0/s1. The van der Waals surface area contributed by atoms with Gasteiger partial charge < -0.3 is 59.5 Å². The molecular formula is C57H72Cl4N12O8. The highest BCUT2D eigenvalue weighted by molar-refractivity contribution is 6.35. The van der Waals surface area contributed by atoms with Crippen molar-refractivity contribution in [2.75, 3.05) is 133 Å². The second kappa shape index (κ2) is 32.4. The van der Waals surface area contributed by atoms with Gasteiger partial charge in [-0.2, -0.15) is 0 Å². The Morgan fingerprint density at radius 1 is 0.506 bits per heavy atom. The number of hydrogen-bond acceptors (Lipinski definition) is 14. The lowest BCUT2D eigenvalue weighted by molar-refractivity contribution is 0.0135. The van der Waals surface area contributed by atoms with E-state index in [4.69, 9.17) is 74.8 Å². The molecule has 4 aromatic carbocycles. The van der Waals surface area contributed by atoms with Gasteiger partial charge >= 0.3 is 12.1 Å². The Labute approximate surface area is 493 Å². The molecule has 20 nitrogen and oxygen atoms in total. The smallest absolute Gasteiger partial charge is 0.314 e. The molecule has 4 N–H and O–H groups in total. The zero-order valence-electron chi connectivity index (χ0n) is 45.9. The summed E-state index contributed by atoms with van der Waals surface area (Å²) in [6.07, 6.45) is 4.41. The molecule has 0 aliphatic carbocycles. The van der Waals surface area contributed by atoms with Gasteiger partial charge in [0.1, 0.15) is 11.4 Å². The zero-order chi connectivity index (χ0) is 56.8. The Bertz CT molecular complexity index is 2760. The summed E-state index contributed by atoms with van der Waals surface area (Å²) in [6, 6.07) is 23.9. The first-order valence-electron chi connectivity index (χ1n) is 27.3. The van der Waals surface area contributed by atoms with Gasteiger partial charge in [-0.3, -0.25) is 0 Å². The fraction of sp³-hybridized carbons (Fsp3) is 0.474. The Hall–Kier alpha value is -5.46. The molecule has 0 saturated heterocycles. The number of nitrogens with zero attached hydrogens (tertiary/aromatic N) is 8. The van der Waals surface area contributed by atoms with Crippen molar-refractivity contribution in [2.24, 2.45) is 0 Å². The topological polar surface area (TPSA) is 206 Å². The van der Waals surface area contributed by atoms with Gasteiger partial charge in [0.15, 0.2) is 0 Å². The number of likely N-dealkylation sites (N-methyl/N-ethyl adjacent to an activating group) is 2. The normalized spacial score (nSPS) is 15.3. The number of nitrogens with one attached hydrogen (secondary N) is 4. The molecule has 2 atom stereocenters. The first kappa shape index (κ1) is 61.6. The van der Waals surface area contributed by atoms with Crippen LogP contribution >= 0.6 is 46.4 Å². The van der Waals surface area contributed by atoms with Crippen LogP contribution in [0.5, 0.6) is 0 Å². The third-order valence-corrected chi connectivity index (χ3v) is 14.7. The first-order valence-corrected chi connectivity index (χ1v) is 28.8. The quantitative estimate of drug-likeness (QED) is 0.0298. The Morgan fingerprint density at radius 3 is 1.31 bits per heavy atom. The molecule has 4 heterocycles. The summed E-state index contributed by atoms with van der Waals surface area (Å²) in [7, 11) is 4.20. The molecule has 6 aromatic rings. The highest BCUT2D eigenvalue weighted by atomic mass is 35.5. The van der Waals surface area contributed by atoms with Gasteiger partial charge in [0.25, 0.3) is 0 Å². The monoisotopic (exact) mass is 1190 g/mol. The molecule has 4 amide bonds. The van der Waals surface area contributed by atoms with Crippen molar-refractivity contribution < 1.29 is 38.0 Å². The van der Waals surface area contributed by atoms with E-state index in [0.29, 0.717) is 145 Å². The van der Waals surface area contributed by atoms with E-state index in [1.54, 1.807) is 9.36 Å². The summed E-state index contributed by atoms with van der Waals surface area (Å²) in [5, 5.41) is 31.2. The van der Waals surface area contributed by atoms with E-state index >= 15 is 0 Å². The Balaban J connectivity index is 0.554. The lowest BCUT2D eigenvalue weighted by Crippen LogP contribution is -2.40. The minimum absolute atomic E-state index is 0.133. The average Bonchev–Trinajstić information content (AvgIpc) is 4.21. The van der Waals surface area contributed by atoms with Crippen LogP contribution in [0.15, 0.2) is 85.2 Å². The number of carbonyl (C=O) groups is 2. The SMILES string of the molecule is CN1Cc2c(Cl)cc(Cl)cc2[C@H](c2cccc(-c3cn(CCOCCOCCOCCNC(=O)NCCCNC(=O)NCCOCCOCCOCCn4cc(-c5cccc([C@@H]6CN(C)Cc7c(Cl)cc(Cl)cc76)c5)nn4)nn3)c2)C1. The summed E-state index contributed by atoms with van der Waals surface area (Å²) in [5.41, 5.74) is 10.4. The molecule has 24 heteroatoms. The van der Waals surface area contributed by atoms with Crippen LogP contribution in [0.3, 0.4) is 0 Å². The molecule has 2 aliphatic heterocycles. The Morgan fingerprint density at radius 2 is 0.889 bits per heavy atom.